The molecule has 0 heterocycles. The van der Waals surface area contributed by atoms with Crippen LogP contribution in [0, 0.1) is 0 Å². The molecule has 0 aliphatic rings. The summed E-state index contributed by atoms with van der Waals surface area (Å²) in [5.41, 5.74) is 3.68. The number of ether oxygens (including phenoxy) is 1. The van der Waals surface area contributed by atoms with Crippen molar-refractivity contribution in [1.82, 2.24) is 5.32 Å². The molecule has 0 atom stereocenters. The van der Waals surface area contributed by atoms with Gasteiger partial charge in [0.1, 0.15) is 0 Å². The maximum atomic E-state index is 12.5. The van der Waals surface area contributed by atoms with Crippen LogP contribution in [-0.2, 0) is 4.74 Å². The molecule has 0 aliphatic carbocycles. The maximum absolute atomic E-state index is 12.5. The summed E-state index contributed by atoms with van der Waals surface area (Å²) in [5.74, 6) is 0.209. The minimum absolute atomic E-state index is 0.223. The van der Waals surface area contributed by atoms with Gasteiger partial charge in [-0.3, -0.25) is 4.79 Å². The molecule has 0 aromatic heterocycles. The number of hydrogen-bond donors (Lipinski definition) is 3. The first-order valence-electron chi connectivity index (χ1n) is 9.58. The minimum Gasteiger partial charge on any atom is -0.383 e. The van der Waals surface area contributed by atoms with Crippen LogP contribution < -0.4 is 20.9 Å². The molecule has 0 aliphatic heterocycles. The van der Waals surface area contributed by atoms with Crippen molar-refractivity contribution in [2.45, 2.75) is 19.8 Å². The van der Waals surface area contributed by atoms with Crippen molar-refractivity contribution < 1.29 is 14.3 Å². The summed E-state index contributed by atoms with van der Waals surface area (Å²) in [6.07, 6.45) is 0. The predicted octanol–water partition coefficient (Wildman–Crippen LogP) is 3.90. The molecule has 0 saturated carbocycles. The summed E-state index contributed by atoms with van der Waals surface area (Å²) in [5, 5.41) is 8.40. The van der Waals surface area contributed by atoms with Crippen LogP contribution in [0.3, 0.4) is 0 Å². The topological polar surface area (TPSA) is 82.7 Å². The largest absolute Gasteiger partial charge is 0.383 e. The van der Waals surface area contributed by atoms with Gasteiger partial charge >= 0.3 is 6.03 Å². The van der Waals surface area contributed by atoms with Gasteiger partial charge in [-0.25, -0.2) is 4.79 Å². The Morgan fingerprint density at radius 3 is 2.21 bits per heavy atom. The molecule has 2 rings (SSSR count). The highest BCUT2D eigenvalue weighted by atomic mass is 16.5. The Labute approximate surface area is 172 Å². The van der Waals surface area contributed by atoms with E-state index in [4.69, 9.17) is 4.74 Å². The number of methoxy groups -OCH3 is 1. The quantitative estimate of drug-likeness (QED) is 0.589. The van der Waals surface area contributed by atoms with E-state index < -0.39 is 0 Å². The second kappa shape index (κ2) is 10.5. The van der Waals surface area contributed by atoms with Gasteiger partial charge in [-0.1, -0.05) is 26.0 Å². The molecule has 3 N–H and O–H groups in total. The van der Waals surface area contributed by atoms with E-state index in [9.17, 15) is 9.59 Å². The first-order chi connectivity index (χ1) is 13.8. The summed E-state index contributed by atoms with van der Waals surface area (Å²) < 4.78 is 4.97. The summed E-state index contributed by atoms with van der Waals surface area (Å²) in [7, 11) is 5.31. The highest BCUT2D eigenvalue weighted by Gasteiger charge is 2.14. The third-order valence-corrected chi connectivity index (χ3v) is 4.41. The average Bonchev–Trinajstić information content (AvgIpc) is 2.68. The first-order valence-corrected chi connectivity index (χ1v) is 9.58. The monoisotopic (exact) mass is 398 g/mol. The third-order valence-electron chi connectivity index (χ3n) is 4.41. The summed E-state index contributed by atoms with van der Waals surface area (Å²) >= 11 is 0. The van der Waals surface area contributed by atoms with E-state index in [0.29, 0.717) is 36.0 Å². The van der Waals surface area contributed by atoms with Gasteiger partial charge in [0.05, 0.1) is 12.2 Å². The van der Waals surface area contributed by atoms with E-state index in [1.807, 2.05) is 43.3 Å². The fourth-order valence-corrected chi connectivity index (χ4v) is 2.79. The Kier molecular flexibility index (Phi) is 8.03. The second-order valence-corrected chi connectivity index (χ2v) is 7.23. The van der Waals surface area contributed by atoms with Gasteiger partial charge in [0, 0.05) is 44.8 Å². The van der Waals surface area contributed by atoms with Gasteiger partial charge < -0.3 is 25.6 Å². The lowest BCUT2D eigenvalue weighted by atomic mass is 10.0. The van der Waals surface area contributed by atoms with Crippen molar-refractivity contribution in [3.05, 3.63) is 53.6 Å². The first kappa shape index (κ1) is 22.2. The molecule has 0 saturated heterocycles. The Bertz CT molecular complexity index is 832. The molecule has 7 heteroatoms. The second-order valence-electron chi connectivity index (χ2n) is 7.23. The zero-order valence-corrected chi connectivity index (χ0v) is 17.7. The fraction of sp³-hybridized carbons (Fsp3) is 0.364. The van der Waals surface area contributed by atoms with Crippen LogP contribution in [0.25, 0.3) is 0 Å². The number of anilines is 3. The molecular formula is C22H30N4O3. The van der Waals surface area contributed by atoms with Crippen LogP contribution in [0.5, 0.6) is 0 Å². The Morgan fingerprint density at radius 1 is 1.00 bits per heavy atom. The Balaban J connectivity index is 2.10. The van der Waals surface area contributed by atoms with E-state index in [2.05, 4.69) is 29.8 Å². The van der Waals surface area contributed by atoms with Crippen LogP contribution in [0.15, 0.2) is 42.5 Å². The molecule has 29 heavy (non-hydrogen) atoms. The van der Waals surface area contributed by atoms with Crippen LogP contribution >= 0.6 is 0 Å². The number of benzene rings is 2. The molecule has 0 unspecified atom stereocenters. The van der Waals surface area contributed by atoms with Gasteiger partial charge in [0.2, 0.25) is 0 Å². The number of carbonyl (C=O) groups excluding carboxylic acids is 2. The van der Waals surface area contributed by atoms with E-state index in [1.54, 1.807) is 25.3 Å². The lowest BCUT2D eigenvalue weighted by Crippen LogP contribution is -2.29. The predicted molar refractivity (Wildman–Crippen MR) is 118 cm³/mol. The maximum Gasteiger partial charge on any atom is 0.323 e. The van der Waals surface area contributed by atoms with Gasteiger partial charge in [-0.2, -0.15) is 0 Å². The van der Waals surface area contributed by atoms with Gasteiger partial charge in [0.15, 0.2) is 0 Å². The molecule has 2 aromatic rings. The zero-order chi connectivity index (χ0) is 21.4. The molecule has 3 amide bonds. The average molecular weight is 399 g/mol. The number of urea groups is 1. The van der Waals surface area contributed by atoms with E-state index >= 15 is 0 Å². The molecule has 156 valence electrons. The summed E-state index contributed by atoms with van der Waals surface area (Å²) in [4.78, 5) is 26.8. The van der Waals surface area contributed by atoms with Crippen molar-refractivity contribution in [2.75, 3.05) is 49.9 Å². The van der Waals surface area contributed by atoms with Crippen LogP contribution in [-0.4, -0.2) is 46.3 Å². The standard InChI is InChI=1S/C22H30N4O3/c1-15(2)16-6-8-17(9-7-16)24-22(28)25-18-10-11-20(26(3)4)19(14-18)21(27)23-12-13-29-5/h6-11,14-15H,12-13H2,1-5H3,(H,23,27)(H2,24,25,28). The number of rotatable bonds is 8. The van der Waals surface area contributed by atoms with Crippen molar-refractivity contribution in [3.63, 3.8) is 0 Å². The number of amides is 3. The number of nitrogens with zero attached hydrogens (tertiary/aromatic N) is 1. The Morgan fingerprint density at radius 2 is 1.62 bits per heavy atom. The van der Waals surface area contributed by atoms with Crippen molar-refractivity contribution in [3.8, 4) is 0 Å². The van der Waals surface area contributed by atoms with Gasteiger partial charge in [-0.05, 0) is 41.8 Å². The Hall–Kier alpha value is -3.06. The normalized spacial score (nSPS) is 10.6. The van der Waals surface area contributed by atoms with Crippen molar-refractivity contribution >= 4 is 29.0 Å². The van der Waals surface area contributed by atoms with E-state index in [1.165, 1.54) is 5.56 Å². The lowest BCUT2D eigenvalue weighted by Gasteiger charge is -2.18. The lowest BCUT2D eigenvalue weighted by molar-refractivity contribution is 0.0937. The van der Waals surface area contributed by atoms with Crippen molar-refractivity contribution in [1.29, 1.82) is 0 Å². The van der Waals surface area contributed by atoms with E-state index in [0.717, 1.165) is 5.69 Å². The third kappa shape index (κ3) is 6.50. The fourth-order valence-electron chi connectivity index (χ4n) is 2.79. The molecule has 0 bridgehead atoms. The highest BCUT2D eigenvalue weighted by molar-refractivity contribution is 6.03. The number of nitrogens with one attached hydrogen (secondary N) is 3. The SMILES string of the molecule is COCCNC(=O)c1cc(NC(=O)Nc2ccc(C(C)C)cc2)ccc1N(C)C. The van der Waals surface area contributed by atoms with Gasteiger partial charge in [0.25, 0.3) is 5.91 Å². The summed E-state index contributed by atoms with van der Waals surface area (Å²) in [6.45, 7) is 5.08. The number of hydrogen-bond acceptors (Lipinski definition) is 4. The molecule has 0 radical (unpaired) electrons. The highest BCUT2D eigenvalue weighted by Crippen LogP contribution is 2.23. The molecule has 0 spiro atoms. The smallest absolute Gasteiger partial charge is 0.323 e. The van der Waals surface area contributed by atoms with Crippen LogP contribution in [0.2, 0.25) is 0 Å². The van der Waals surface area contributed by atoms with Gasteiger partial charge in [-0.15, -0.1) is 0 Å². The molecule has 0 fully saturated rings. The molecular weight excluding hydrogens is 368 g/mol. The molecule has 2 aromatic carbocycles. The number of carbonyl (C=O) groups is 2. The minimum atomic E-state index is -0.370. The van der Waals surface area contributed by atoms with Crippen LogP contribution in [0.1, 0.15) is 35.7 Å². The van der Waals surface area contributed by atoms with Crippen molar-refractivity contribution in [2.24, 2.45) is 0 Å². The van der Waals surface area contributed by atoms with Crippen LogP contribution in [0.4, 0.5) is 21.9 Å². The molecule has 7 nitrogen and oxygen atoms in total. The summed E-state index contributed by atoms with van der Waals surface area (Å²) in [6, 6.07) is 12.6. The zero-order valence-electron chi connectivity index (χ0n) is 17.7. The van der Waals surface area contributed by atoms with E-state index in [-0.39, 0.29) is 11.9 Å².